The Hall–Kier alpha value is -1.20. The van der Waals surface area contributed by atoms with Crippen LogP contribution in [0.15, 0.2) is 34.7 Å². The second-order valence-corrected chi connectivity index (χ2v) is 6.18. The van der Waals surface area contributed by atoms with Gasteiger partial charge < -0.3 is 0 Å². The van der Waals surface area contributed by atoms with Crippen molar-refractivity contribution in [1.29, 1.82) is 0 Å². The third kappa shape index (κ3) is 3.40. The van der Waals surface area contributed by atoms with Gasteiger partial charge in [0.15, 0.2) is 0 Å². The van der Waals surface area contributed by atoms with Crippen molar-refractivity contribution < 1.29 is 0 Å². The number of aromatic nitrogens is 4. The highest BCUT2D eigenvalue weighted by molar-refractivity contribution is 7.99. The Morgan fingerprint density at radius 2 is 1.89 bits per heavy atom. The fourth-order valence-corrected chi connectivity index (χ4v) is 2.22. The van der Waals surface area contributed by atoms with E-state index in [1.165, 1.54) is 11.8 Å². The standard InChI is InChI=1S/C12H13ClN4S/c1-12(2,3)11-16-8(13)6-9(17-11)18-10-7-14-4-5-15-10/h4-7H,1-3H3. The van der Waals surface area contributed by atoms with Crippen molar-refractivity contribution in [2.75, 3.05) is 0 Å². The minimum atomic E-state index is -0.136. The summed E-state index contributed by atoms with van der Waals surface area (Å²) in [4.78, 5) is 17.0. The van der Waals surface area contributed by atoms with E-state index in [2.05, 4.69) is 40.7 Å². The van der Waals surface area contributed by atoms with Gasteiger partial charge in [-0.3, -0.25) is 4.98 Å². The maximum Gasteiger partial charge on any atom is 0.136 e. The molecular formula is C12H13ClN4S. The van der Waals surface area contributed by atoms with Crippen LogP contribution in [-0.2, 0) is 5.41 Å². The van der Waals surface area contributed by atoms with Gasteiger partial charge in [0.05, 0.1) is 6.20 Å². The Morgan fingerprint density at radius 3 is 2.50 bits per heavy atom. The van der Waals surface area contributed by atoms with Crippen molar-refractivity contribution in [1.82, 2.24) is 19.9 Å². The topological polar surface area (TPSA) is 51.6 Å². The molecule has 6 heteroatoms. The molecule has 0 aliphatic heterocycles. The molecule has 0 N–H and O–H groups in total. The molecule has 0 amide bonds. The molecule has 0 aromatic carbocycles. The quantitative estimate of drug-likeness (QED) is 0.790. The Kier molecular flexibility index (Phi) is 3.82. The molecule has 18 heavy (non-hydrogen) atoms. The number of hydrogen-bond donors (Lipinski definition) is 0. The summed E-state index contributed by atoms with van der Waals surface area (Å²) >= 11 is 7.44. The van der Waals surface area contributed by atoms with Crippen molar-refractivity contribution in [3.05, 3.63) is 35.6 Å². The van der Waals surface area contributed by atoms with Gasteiger partial charge in [-0.25, -0.2) is 15.0 Å². The highest BCUT2D eigenvalue weighted by Gasteiger charge is 2.19. The van der Waals surface area contributed by atoms with Gasteiger partial charge in [0.2, 0.25) is 0 Å². The number of rotatable bonds is 2. The molecule has 94 valence electrons. The number of hydrogen-bond acceptors (Lipinski definition) is 5. The molecule has 4 nitrogen and oxygen atoms in total. The Labute approximate surface area is 115 Å². The zero-order valence-electron chi connectivity index (χ0n) is 10.4. The van der Waals surface area contributed by atoms with Crippen molar-refractivity contribution in [2.24, 2.45) is 0 Å². The molecule has 0 radical (unpaired) electrons. The van der Waals surface area contributed by atoms with Crippen molar-refractivity contribution in [3.8, 4) is 0 Å². The van der Waals surface area contributed by atoms with Crippen LogP contribution in [-0.4, -0.2) is 19.9 Å². The van der Waals surface area contributed by atoms with E-state index in [1.54, 1.807) is 24.7 Å². The van der Waals surface area contributed by atoms with E-state index in [-0.39, 0.29) is 5.41 Å². The summed E-state index contributed by atoms with van der Waals surface area (Å²) in [5.41, 5.74) is -0.136. The normalized spacial score (nSPS) is 11.6. The highest BCUT2D eigenvalue weighted by atomic mass is 35.5. The van der Waals surface area contributed by atoms with Gasteiger partial charge >= 0.3 is 0 Å². The molecule has 0 saturated heterocycles. The van der Waals surface area contributed by atoms with Crippen molar-refractivity contribution >= 4 is 23.4 Å². The van der Waals surface area contributed by atoms with Crippen LogP contribution in [0.2, 0.25) is 5.15 Å². The van der Waals surface area contributed by atoms with Gasteiger partial charge in [-0.05, 0) is 11.8 Å². The average Bonchev–Trinajstić information content (AvgIpc) is 2.28. The first-order chi connectivity index (χ1) is 8.45. The van der Waals surface area contributed by atoms with E-state index < -0.39 is 0 Å². The van der Waals surface area contributed by atoms with Crippen LogP contribution < -0.4 is 0 Å². The molecule has 0 saturated carbocycles. The maximum atomic E-state index is 6.02. The fourth-order valence-electron chi connectivity index (χ4n) is 1.23. The van der Waals surface area contributed by atoms with Crippen LogP contribution in [0.3, 0.4) is 0 Å². The molecule has 0 bridgehead atoms. The third-order valence-corrected chi connectivity index (χ3v) is 3.12. The fraction of sp³-hybridized carbons (Fsp3) is 0.333. The van der Waals surface area contributed by atoms with Gasteiger partial charge in [-0.1, -0.05) is 32.4 Å². The van der Waals surface area contributed by atoms with Crippen LogP contribution >= 0.6 is 23.4 Å². The third-order valence-electron chi connectivity index (χ3n) is 2.09. The lowest BCUT2D eigenvalue weighted by atomic mass is 9.96. The smallest absolute Gasteiger partial charge is 0.136 e. The van der Waals surface area contributed by atoms with Crippen LogP contribution in [0.25, 0.3) is 0 Å². The zero-order chi connectivity index (χ0) is 13.2. The first-order valence-electron chi connectivity index (χ1n) is 5.44. The minimum Gasteiger partial charge on any atom is -0.260 e. The molecule has 0 atom stereocenters. The summed E-state index contributed by atoms with van der Waals surface area (Å²) in [6.45, 7) is 6.15. The van der Waals surface area contributed by atoms with Crippen molar-refractivity contribution in [3.63, 3.8) is 0 Å². The molecule has 0 aliphatic rings. The van der Waals surface area contributed by atoms with Crippen molar-refractivity contribution in [2.45, 2.75) is 36.2 Å². The Morgan fingerprint density at radius 1 is 1.11 bits per heavy atom. The van der Waals surface area contributed by atoms with Gasteiger partial charge in [0, 0.05) is 23.9 Å². The minimum absolute atomic E-state index is 0.136. The molecule has 2 rings (SSSR count). The zero-order valence-corrected chi connectivity index (χ0v) is 12.0. The average molecular weight is 281 g/mol. The SMILES string of the molecule is CC(C)(C)c1nc(Cl)cc(Sc2cnccn2)n1. The molecule has 0 fully saturated rings. The predicted octanol–water partition coefficient (Wildman–Crippen LogP) is 3.37. The lowest BCUT2D eigenvalue weighted by molar-refractivity contribution is 0.538. The molecule has 2 aromatic rings. The molecule has 2 aromatic heterocycles. The van der Waals surface area contributed by atoms with E-state index in [0.29, 0.717) is 5.15 Å². The highest BCUT2D eigenvalue weighted by Crippen LogP contribution is 2.28. The molecular weight excluding hydrogens is 268 g/mol. The lowest BCUT2D eigenvalue weighted by Crippen LogP contribution is -2.16. The first kappa shape index (κ1) is 13.2. The first-order valence-corrected chi connectivity index (χ1v) is 6.63. The molecule has 2 heterocycles. The molecule has 0 unspecified atom stereocenters. The second-order valence-electron chi connectivity index (χ2n) is 4.75. The Bertz CT molecular complexity index is 540. The van der Waals surface area contributed by atoms with E-state index in [9.17, 15) is 0 Å². The van der Waals surface area contributed by atoms with Gasteiger partial charge in [-0.15, -0.1) is 0 Å². The summed E-state index contributed by atoms with van der Waals surface area (Å²) in [5.74, 6) is 0.724. The largest absolute Gasteiger partial charge is 0.260 e. The van der Waals surface area contributed by atoms with Gasteiger partial charge in [-0.2, -0.15) is 0 Å². The summed E-state index contributed by atoms with van der Waals surface area (Å²) < 4.78 is 0. The second kappa shape index (κ2) is 5.20. The molecule has 0 spiro atoms. The lowest BCUT2D eigenvalue weighted by Gasteiger charge is -2.17. The van der Waals surface area contributed by atoms with E-state index in [1.807, 2.05) is 0 Å². The van der Waals surface area contributed by atoms with Crippen LogP contribution in [0, 0.1) is 0 Å². The summed E-state index contributed by atoms with van der Waals surface area (Å²) in [5, 5.41) is 2.01. The van der Waals surface area contributed by atoms with Crippen LogP contribution in [0.1, 0.15) is 26.6 Å². The monoisotopic (exact) mass is 280 g/mol. The molecule has 0 aliphatic carbocycles. The summed E-state index contributed by atoms with van der Waals surface area (Å²) in [6, 6.07) is 1.73. The summed E-state index contributed by atoms with van der Waals surface area (Å²) in [7, 11) is 0. The van der Waals surface area contributed by atoms with Crippen LogP contribution in [0.4, 0.5) is 0 Å². The number of halogens is 1. The van der Waals surface area contributed by atoms with E-state index >= 15 is 0 Å². The number of nitrogens with zero attached hydrogens (tertiary/aromatic N) is 4. The van der Waals surface area contributed by atoms with E-state index in [0.717, 1.165) is 15.9 Å². The van der Waals surface area contributed by atoms with Crippen LogP contribution in [0.5, 0.6) is 0 Å². The Balaban J connectivity index is 2.32. The maximum absolute atomic E-state index is 6.02. The van der Waals surface area contributed by atoms with Gasteiger partial charge in [0.25, 0.3) is 0 Å². The van der Waals surface area contributed by atoms with E-state index in [4.69, 9.17) is 11.6 Å². The predicted molar refractivity (Wildman–Crippen MR) is 71.9 cm³/mol. The van der Waals surface area contributed by atoms with Gasteiger partial charge in [0.1, 0.15) is 21.0 Å². The summed E-state index contributed by atoms with van der Waals surface area (Å²) in [6.07, 6.45) is 4.98.